The molecule has 1 aromatic heterocycles. The lowest BCUT2D eigenvalue weighted by Crippen LogP contribution is -2.44. The van der Waals surface area contributed by atoms with Crippen LogP contribution in [0.3, 0.4) is 0 Å². The Hall–Kier alpha value is -0.980. The molecule has 2 aliphatic heterocycles. The van der Waals surface area contributed by atoms with Crippen molar-refractivity contribution in [3.63, 3.8) is 0 Å². The third-order valence-electron chi connectivity index (χ3n) is 5.32. The molecule has 124 valence electrons. The van der Waals surface area contributed by atoms with Crippen molar-refractivity contribution in [1.82, 2.24) is 19.7 Å². The van der Waals surface area contributed by atoms with Crippen LogP contribution in [-0.4, -0.2) is 57.6 Å². The van der Waals surface area contributed by atoms with Crippen molar-refractivity contribution in [2.75, 3.05) is 32.8 Å². The minimum Gasteiger partial charge on any atom is -0.388 e. The smallest absolute Gasteiger partial charge is 0.158 e. The van der Waals surface area contributed by atoms with Crippen LogP contribution in [0, 0.1) is 5.41 Å². The zero-order valence-corrected chi connectivity index (χ0v) is 13.8. The Morgan fingerprint density at radius 3 is 2.77 bits per heavy atom. The maximum Gasteiger partial charge on any atom is 0.158 e. The molecule has 0 aromatic carbocycles. The second kappa shape index (κ2) is 6.64. The Balaban J connectivity index is 1.65. The van der Waals surface area contributed by atoms with E-state index >= 15 is 0 Å². The van der Waals surface area contributed by atoms with E-state index in [0.29, 0.717) is 17.2 Å². The fourth-order valence-electron chi connectivity index (χ4n) is 3.84. The summed E-state index contributed by atoms with van der Waals surface area (Å²) in [5.41, 5.74) is 0.385. The number of rotatable bonds is 4. The van der Waals surface area contributed by atoms with E-state index in [2.05, 4.69) is 22.0 Å². The molecule has 0 bridgehead atoms. The molecule has 3 rings (SSSR count). The van der Waals surface area contributed by atoms with Crippen LogP contribution in [0.25, 0.3) is 0 Å². The average molecular weight is 308 g/mol. The monoisotopic (exact) mass is 308 g/mol. The average Bonchev–Trinajstić information content (AvgIpc) is 2.88. The molecule has 3 heterocycles. The molecule has 6 nitrogen and oxygen atoms in total. The van der Waals surface area contributed by atoms with Gasteiger partial charge in [-0.1, -0.05) is 6.92 Å². The van der Waals surface area contributed by atoms with Crippen LogP contribution in [0.4, 0.5) is 0 Å². The SMILES string of the molecule is Cn1c(CO)nnc1C1CCCN(CC2(C)CCOCC2)C1. The lowest BCUT2D eigenvalue weighted by Gasteiger charge is -2.41. The highest BCUT2D eigenvalue weighted by Crippen LogP contribution is 2.33. The van der Waals surface area contributed by atoms with Gasteiger partial charge in [-0.05, 0) is 37.6 Å². The van der Waals surface area contributed by atoms with Crippen molar-refractivity contribution >= 4 is 0 Å². The van der Waals surface area contributed by atoms with Gasteiger partial charge in [-0.3, -0.25) is 0 Å². The first-order valence-electron chi connectivity index (χ1n) is 8.40. The summed E-state index contributed by atoms with van der Waals surface area (Å²) in [6.07, 6.45) is 4.69. The van der Waals surface area contributed by atoms with Crippen molar-refractivity contribution in [2.24, 2.45) is 12.5 Å². The van der Waals surface area contributed by atoms with Gasteiger partial charge in [-0.25, -0.2) is 0 Å². The zero-order valence-electron chi connectivity index (χ0n) is 13.8. The highest BCUT2D eigenvalue weighted by Gasteiger charge is 2.33. The number of piperidine rings is 1. The van der Waals surface area contributed by atoms with Gasteiger partial charge >= 0.3 is 0 Å². The summed E-state index contributed by atoms with van der Waals surface area (Å²) >= 11 is 0. The molecule has 1 aromatic rings. The van der Waals surface area contributed by atoms with Gasteiger partial charge in [0.25, 0.3) is 0 Å². The van der Waals surface area contributed by atoms with E-state index in [9.17, 15) is 5.11 Å². The van der Waals surface area contributed by atoms with E-state index in [4.69, 9.17) is 4.74 Å². The molecule has 2 saturated heterocycles. The first-order valence-corrected chi connectivity index (χ1v) is 8.40. The first kappa shape index (κ1) is 15.9. The third-order valence-corrected chi connectivity index (χ3v) is 5.32. The van der Waals surface area contributed by atoms with Gasteiger partial charge in [0.1, 0.15) is 12.4 Å². The summed E-state index contributed by atoms with van der Waals surface area (Å²) in [5, 5.41) is 17.7. The summed E-state index contributed by atoms with van der Waals surface area (Å²) in [5.74, 6) is 2.10. The first-order chi connectivity index (χ1) is 10.6. The fraction of sp³-hybridized carbons (Fsp3) is 0.875. The molecule has 1 unspecified atom stereocenters. The molecule has 0 amide bonds. The van der Waals surface area contributed by atoms with Crippen LogP contribution < -0.4 is 0 Å². The molecule has 0 saturated carbocycles. The van der Waals surface area contributed by atoms with Gasteiger partial charge < -0.3 is 19.3 Å². The largest absolute Gasteiger partial charge is 0.388 e. The summed E-state index contributed by atoms with van der Waals surface area (Å²) in [6, 6.07) is 0. The number of aliphatic hydroxyl groups is 1. The highest BCUT2D eigenvalue weighted by atomic mass is 16.5. The van der Waals surface area contributed by atoms with Crippen LogP contribution in [-0.2, 0) is 18.4 Å². The van der Waals surface area contributed by atoms with E-state index in [0.717, 1.165) is 51.4 Å². The predicted molar refractivity (Wildman–Crippen MR) is 83.5 cm³/mol. The predicted octanol–water partition coefficient (Wildman–Crippen LogP) is 1.30. The minimum absolute atomic E-state index is 0.0436. The summed E-state index contributed by atoms with van der Waals surface area (Å²) < 4.78 is 7.47. The molecule has 0 spiro atoms. The van der Waals surface area contributed by atoms with Crippen molar-refractivity contribution < 1.29 is 9.84 Å². The van der Waals surface area contributed by atoms with Gasteiger partial charge in [-0.15, -0.1) is 10.2 Å². The molecule has 0 aliphatic carbocycles. The van der Waals surface area contributed by atoms with Crippen LogP contribution >= 0.6 is 0 Å². The molecule has 2 aliphatic rings. The highest BCUT2D eigenvalue weighted by molar-refractivity contribution is 5.03. The van der Waals surface area contributed by atoms with Crippen molar-refractivity contribution in [3.05, 3.63) is 11.6 Å². The molecular weight excluding hydrogens is 280 g/mol. The Morgan fingerprint density at radius 1 is 1.32 bits per heavy atom. The van der Waals surface area contributed by atoms with Gasteiger partial charge in [0.15, 0.2) is 5.82 Å². The topological polar surface area (TPSA) is 63.4 Å². The Labute approximate surface area is 132 Å². The number of nitrogens with zero attached hydrogens (tertiary/aromatic N) is 4. The van der Waals surface area contributed by atoms with Crippen LogP contribution in [0.2, 0.25) is 0 Å². The van der Waals surface area contributed by atoms with Crippen LogP contribution in [0.15, 0.2) is 0 Å². The minimum atomic E-state index is -0.0436. The molecule has 2 fully saturated rings. The van der Waals surface area contributed by atoms with Gasteiger partial charge in [-0.2, -0.15) is 0 Å². The van der Waals surface area contributed by atoms with E-state index in [1.807, 2.05) is 11.6 Å². The summed E-state index contributed by atoms with van der Waals surface area (Å²) in [4.78, 5) is 2.59. The second-order valence-electron chi connectivity index (χ2n) is 7.19. The zero-order chi connectivity index (χ0) is 15.6. The number of hydrogen-bond donors (Lipinski definition) is 1. The molecule has 1 atom stereocenters. The van der Waals surface area contributed by atoms with Crippen LogP contribution in [0.1, 0.15) is 50.2 Å². The Morgan fingerprint density at radius 2 is 2.09 bits per heavy atom. The molecule has 6 heteroatoms. The Kier molecular flexibility index (Phi) is 4.80. The van der Waals surface area contributed by atoms with Gasteiger partial charge in [0, 0.05) is 39.3 Å². The standard InChI is InChI=1S/C16H28N4O2/c1-16(5-8-22-9-6-16)12-20-7-3-4-13(10-20)15-18-17-14(11-21)19(15)2/h13,21H,3-12H2,1-2H3. The lowest BCUT2D eigenvalue weighted by molar-refractivity contribution is 0.000526. The maximum absolute atomic E-state index is 9.29. The number of hydrogen-bond acceptors (Lipinski definition) is 5. The van der Waals surface area contributed by atoms with Gasteiger partial charge in [0.2, 0.25) is 0 Å². The summed E-state index contributed by atoms with van der Waals surface area (Å²) in [7, 11) is 1.96. The van der Waals surface area contributed by atoms with Crippen molar-refractivity contribution in [3.8, 4) is 0 Å². The van der Waals surface area contributed by atoms with Crippen LogP contribution in [0.5, 0.6) is 0 Å². The quantitative estimate of drug-likeness (QED) is 0.908. The van der Waals surface area contributed by atoms with Gasteiger partial charge in [0.05, 0.1) is 0 Å². The normalized spacial score (nSPS) is 26.2. The van der Waals surface area contributed by atoms with E-state index in [1.54, 1.807) is 0 Å². The lowest BCUT2D eigenvalue weighted by atomic mass is 9.81. The van der Waals surface area contributed by atoms with E-state index in [1.165, 1.54) is 13.0 Å². The number of ether oxygens (including phenoxy) is 1. The number of likely N-dealkylation sites (tertiary alicyclic amines) is 1. The fourth-order valence-corrected chi connectivity index (χ4v) is 3.84. The molecule has 1 N–H and O–H groups in total. The number of aliphatic hydroxyl groups excluding tert-OH is 1. The molecular formula is C16H28N4O2. The van der Waals surface area contributed by atoms with E-state index < -0.39 is 0 Å². The van der Waals surface area contributed by atoms with E-state index in [-0.39, 0.29) is 6.61 Å². The molecule has 22 heavy (non-hydrogen) atoms. The maximum atomic E-state index is 9.29. The summed E-state index contributed by atoms with van der Waals surface area (Å²) in [6.45, 7) is 7.53. The Bertz CT molecular complexity index is 496. The van der Waals surface area contributed by atoms with Crippen molar-refractivity contribution in [1.29, 1.82) is 0 Å². The molecule has 0 radical (unpaired) electrons. The number of aromatic nitrogens is 3. The van der Waals surface area contributed by atoms with Crippen molar-refractivity contribution in [2.45, 2.75) is 45.1 Å². The third kappa shape index (κ3) is 3.34. The second-order valence-corrected chi connectivity index (χ2v) is 7.19.